The Hall–Kier alpha value is -2.21. The van der Waals surface area contributed by atoms with Gasteiger partial charge in [-0.3, -0.25) is 0 Å². The van der Waals surface area contributed by atoms with E-state index in [0.717, 1.165) is 10.2 Å². The third-order valence-corrected chi connectivity index (χ3v) is 3.39. The van der Waals surface area contributed by atoms with Gasteiger partial charge in [-0.05, 0) is 27.6 Å². The molecule has 0 fully saturated rings. The number of rotatable bonds is 3. The van der Waals surface area contributed by atoms with Crippen molar-refractivity contribution in [2.75, 3.05) is 0 Å². The minimum absolute atomic E-state index is 0.227. The lowest BCUT2D eigenvalue weighted by atomic mass is 10.2. The molecule has 0 aliphatic carbocycles. The predicted octanol–water partition coefficient (Wildman–Crippen LogP) is 2.85. The van der Waals surface area contributed by atoms with Crippen molar-refractivity contribution in [3.05, 3.63) is 64.5 Å². The van der Waals surface area contributed by atoms with Crippen molar-refractivity contribution in [3.63, 3.8) is 0 Å². The monoisotopic (exact) mass is 331 g/mol. The van der Waals surface area contributed by atoms with Gasteiger partial charge in [0.2, 0.25) is 0 Å². The van der Waals surface area contributed by atoms with Crippen LogP contribution in [0.3, 0.4) is 0 Å². The molecule has 0 saturated heterocycles. The average Bonchev–Trinajstić information content (AvgIpc) is 2.91. The molecule has 100 valence electrons. The fraction of sp³-hybridized carbons (Fsp3) is 0.0714. The third kappa shape index (κ3) is 2.42. The first-order valence-electron chi connectivity index (χ1n) is 5.95. The fourth-order valence-corrected chi connectivity index (χ4v) is 2.19. The van der Waals surface area contributed by atoms with E-state index >= 15 is 0 Å². The minimum atomic E-state index is -0.436. The Morgan fingerprint density at radius 1 is 1.25 bits per heavy atom. The highest BCUT2D eigenvalue weighted by atomic mass is 79.9. The minimum Gasteiger partial charge on any atom is -0.457 e. The normalized spacial score (nSPS) is 10.7. The lowest BCUT2D eigenvalue weighted by molar-refractivity contribution is 0.0475. The number of fused-ring (bicyclic) bond motifs is 1. The molecular weight excluding hydrogens is 322 g/mol. The van der Waals surface area contributed by atoms with Crippen molar-refractivity contribution >= 4 is 27.5 Å². The first-order chi connectivity index (χ1) is 9.75. The van der Waals surface area contributed by atoms with Gasteiger partial charge in [0, 0.05) is 6.20 Å². The fourth-order valence-electron chi connectivity index (χ4n) is 1.81. The van der Waals surface area contributed by atoms with E-state index < -0.39 is 5.97 Å². The third-order valence-electron chi connectivity index (χ3n) is 2.79. The van der Waals surface area contributed by atoms with Gasteiger partial charge in [-0.25, -0.2) is 14.3 Å². The van der Waals surface area contributed by atoms with Gasteiger partial charge in [0.25, 0.3) is 0 Å². The van der Waals surface area contributed by atoms with Crippen LogP contribution in [0.25, 0.3) is 5.65 Å². The summed E-state index contributed by atoms with van der Waals surface area (Å²) in [7, 11) is 0. The smallest absolute Gasteiger partial charge is 0.343 e. The maximum Gasteiger partial charge on any atom is 0.343 e. The largest absolute Gasteiger partial charge is 0.457 e. The van der Waals surface area contributed by atoms with Gasteiger partial charge in [-0.2, -0.15) is 5.10 Å². The van der Waals surface area contributed by atoms with Gasteiger partial charge in [0.05, 0.1) is 6.20 Å². The van der Waals surface area contributed by atoms with Gasteiger partial charge >= 0.3 is 5.97 Å². The molecule has 0 aliphatic heterocycles. The maximum atomic E-state index is 12.1. The second kappa shape index (κ2) is 5.42. The quantitative estimate of drug-likeness (QED) is 0.547. The van der Waals surface area contributed by atoms with Crippen molar-refractivity contribution in [2.45, 2.75) is 6.61 Å². The van der Waals surface area contributed by atoms with E-state index in [9.17, 15) is 4.79 Å². The summed E-state index contributed by atoms with van der Waals surface area (Å²) >= 11 is 3.34. The molecule has 0 aliphatic rings. The van der Waals surface area contributed by atoms with Crippen LogP contribution in [-0.2, 0) is 11.3 Å². The molecule has 6 heteroatoms. The van der Waals surface area contributed by atoms with Crippen molar-refractivity contribution in [3.8, 4) is 0 Å². The van der Waals surface area contributed by atoms with Crippen molar-refractivity contribution in [1.29, 1.82) is 0 Å². The Morgan fingerprint density at radius 2 is 2.05 bits per heavy atom. The highest BCUT2D eigenvalue weighted by Gasteiger charge is 2.16. The van der Waals surface area contributed by atoms with Crippen LogP contribution in [0.2, 0.25) is 0 Å². The molecule has 0 N–H and O–H groups in total. The maximum absolute atomic E-state index is 12.1. The number of benzene rings is 1. The van der Waals surface area contributed by atoms with Gasteiger partial charge < -0.3 is 4.74 Å². The van der Waals surface area contributed by atoms with E-state index in [1.54, 1.807) is 16.8 Å². The van der Waals surface area contributed by atoms with E-state index in [1.165, 1.54) is 6.20 Å². The zero-order valence-corrected chi connectivity index (χ0v) is 11.9. The lowest BCUT2D eigenvalue weighted by Gasteiger charge is -2.03. The number of ether oxygens (including phenoxy) is 1. The highest BCUT2D eigenvalue weighted by Crippen LogP contribution is 2.15. The van der Waals surface area contributed by atoms with Crippen LogP contribution in [0.15, 0.2) is 53.4 Å². The standard InChI is InChI=1S/C14H10BrN3O2/c15-12-6-7-16-13-11(8-17-18(12)13)14(19)20-9-10-4-2-1-3-5-10/h1-8H,9H2. The molecular formula is C14H10BrN3O2. The number of aromatic nitrogens is 3. The molecule has 2 heterocycles. The molecule has 5 nitrogen and oxygen atoms in total. The number of hydrogen-bond donors (Lipinski definition) is 0. The second-order valence-corrected chi connectivity index (χ2v) is 4.94. The summed E-state index contributed by atoms with van der Waals surface area (Å²) in [5.41, 5.74) is 1.76. The zero-order chi connectivity index (χ0) is 13.9. The van der Waals surface area contributed by atoms with E-state index in [2.05, 4.69) is 26.0 Å². The number of nitrogens with zero attached hydrogens (tertiary/aromatic N) is 3. The summed E-state index contributed by atoms with van der Waals surface area (Å²) in [4.78, 5) is 16.2. The lowest BCUT2D eigenvalue weighted by Crippen LogP contribution is -2.05. The summed E-state index contributed by atoms with van der Waals surface area (Å²) in [6.07, 6.45) is 3.06. The second-order valence-electron chi connectivity index (χ2n) is 4.12. The van der Waals surface area contributed by atoms with Crippen molar-refractivity contribution in [1.82, 2.24) is 14.6 Å². The number of carbonyl (C=O) groups is 1. The SMILES string of the molecule is O=C(OCc1ccccc1)c1cnn2c(Br)ccnc12. The molecule has 3 aromatic rings. The predicted molar refractivity (Wildman–Crippen MR) is 76.2 cm³/mol. The Balaban J connectivity index is 1.81. The molecule has 0 unspecified atom stereocenters. The average molecular weight is 332 g/mol. The Labute approximate surface area is 123 Å². The molecule has 3 rings (SSSR count). The summed E-state index contributed by atoms with van der Waals surface area (Å²) in [5, 5.41) is 4.10. The van der Waals surface area contributed by atoms with Crippen molar-refractivity contribution < 1.29 is 9.53 Å². The van der Waals surface area contributed by atoms with E-state index in [0.29, 0.717) is 11.2 Å². The molecule has 0 saturated carbocycles. The van der Waals surface area contributed by atoms with Gasteiger partial charge in [-0.15, -0.1) is 0 Å². The molecule has 0 bridgehead atoms. The Kier molecular flexibility index (Phi) is 3.47. The molecule has 0 spiro atoms. The van der Waals surface area contributed by atoms with Crippen LogP contribution in [-0.4, -0.2) is 20.6 Å². The molecule has 0 radical (unpaired) electrons. The highest BCUT2D eigenvalue weighted by molar-refractivity contribution is 9.10. The van der Waals surface area contributed by atoms with E-state index in [4.69, 9.17) is 4.74 Å². The molecule has 20 heavy (non-hydrogen) atoms. The Morgan fingerprint density at radius 3 is 2.85 bits per heavy atom. The zero-order valence-electron chi connectivity index (χ0n) is 10.4. The van der Waals surface area contributed by atoms with E-state index in [1.807, 2.05) is 30.3 Å². The first-order valence-corrected chi connectivity index (χ1v) is 6.74. The molecule has 1 aromatic carbocycles. The van der Waals surface area contributed by atoms with Gasteiger partial charge in [-0.1, -0.05) is 30.3 Å². The van der Waals surface area contributed by atoms with Crippen molar-refractivity contribution in [2.24, 2.45) is 0 Å². The summed E-state index contributed by atoms with van der Waals surface area (Å²) < 4.78 is 7.54. The van der Waals surface area contributed by atoms with Crippen LogP contribution in [0, 0.1) is 0 Å². The summed E-state index contributed by atoms with van der Waals surface area (Å²) in [5.74, 6) is -0.436. The Bertz CT molecular complexity index is 755. The van der Waals surface area contributed by atoms with Crippen LogP contribution in [0.1, 0.15) is 15.9 Å². The summed E-state index contributed by atoms with van der Waals surface area (Å²) in [6, 6.07) is 11.3. The van der Waals surface area contributed by atoms with E-state index in [-0.39, 0.29) is 6.61 Å². The summed E-state index contributed by atoms with van der Waals surface area (Å²) in [6.45, 7) is 0.227. The molecule has 0 amide bonds. The van der Waals surface area contributed by atoms with Crippen LogP contribution in [0.5, 0.6) is 0 Å². The molecule has 2 aromatic heterocycles. The number of carbonyl (C=O) groups excluding carboxylic acids is 1. The van der Waals surface area contributed by atoms with Crippen LogP contribution < -0.4 is 0 Å². The van der Waals surface area contributed by atoms with Crippen LogP contribution in [0.4, 0.5) is 0 Å². The van der Waals surface area contributed by atoms with Crippen LogP contribution >= 0.6 is 15.9 Å². The first kappa shape index (κ1) is 12.8. The number of hydrogen-bond acceptors (Lipinski definition) is 4. The number of esters is 1. The topological polar surface area (TPSA) is 56.5 Å². The number of halogens is 1. The van der Waals surface area contributed by atoms with Gasteiger partial charge in [0.15, 0.2) is 5.65 Å². The molecule has 0 atom stereocenters. The van der Waals surface area contributed by atoms with Gasteiger partial charge in [0.1, 0.15) is 16.8 Å².